The fourth-order valence-corrected chi connectivity index (χ4v) is 4.13. The number of rotatable bonds is 9. The summed E-state index contributed by atoms with van der Waals surface area (Å²) in [4.78, 5) is 20.3. The molecule has 0 atom stereocenters. The van der Waals surface area contributed by atoms with Crippen LogP contribution in [0.25, 0.3) is 0 Å². The van der Waals surface area contributed by atoms with Gasteiger partial charge in [0.1, 0.15) is 5.82 Å². The predicted molar refractivity (Wildman–Crippen MR) is 118 cm³/mol. The number of aryl methyl sites for hydroxylation is 1. The van der Waals surface area contributed by atoms with E-state index in [4.69, 9.17) is 4.98 Å². The van der Waals surface area contributed by atoms with Gasteiger partial charge in [-0.25, -0.2) is 9.78 Å². The van der Waals surface area contributed by atoms with E-state index in [0.29, 0.717) is 6.54 Å². The minimum absolute atomic E-state index is 0.0496. The number of piperazine rings is 1. The largest absolute Gasteiger partial charge is 0.338 e. The van der Waals surface area contributed by atoms with Crippen LogP contribution in [0.1, 0.15) is 36.7 Å². The van der Waals surface area contributed by atoms with Crippen molar-refractivity contribution in [3.05, 3.63) is 41.2 Å². The van der Waals surface area contributed by atoms with Crippen molar-refractivity contribution in [2.45, 2.75) is 33.1 Å². The van der Waals surface area contributed by atoms with E-state index in [1.54, 1.807) is 0 Å². The zero-order valence-electron chi connectivity index (χ0n) is 17.5. The molecule has 0 saturated carbocycles. The Balaban J connectivity index is 1.37. The minimum Gasteiger partial charge on any atom is -0.338 e. The van der Waals surface area contributed by atoms with Gasteiger partial charge >= 0.3 is 6.03 Å². The third-order valence-corrected chi connectivity index (χ3v) is 6.08. The molecule has 3 rings (SSSR count). The molecule has 0 radical (unpaired) electrons. The van der Waals surface area contributed by atoms with Crippen molar-refractivity contribution in [1.29, 1.82) is 0 Å². The summed E-state index contributed by atoms with van der Waals surface area (Å²) in [6.07, 6.45) is 2.91. The van der Waals surface area contributed by atoms with E-state index < -0.39 is 0 Å². The molecule has 29 heavy (non-hydrogen) atoms. The van der Waals surface area contributed by atoms with Crippen molar-refractivity contribution < 1.29 is 9.69 Å². The Kier molecular flexibility index (Phi) is 8.25. The van der Waals surface area contributed by atoms with E-state index in [2.05, 4.69) is 58.0 Å². The van der Waals surface area contributed by atoms with E-state index >= 15 is 0 Å². The molecule has 0 aliphatic carbocycles. The monoisotopic (exact) mass is 417 g/mol. The Labute approximate surface area is 177 Å². The molecule has 2 heterocycles. The summed E-state index contributed by atoms with van der Waals surface area (Å²) in [5.41, 5.74) is 2.52. The van der Waals surface area contributed by atoms with Gasteiger partial charge in [0.2, 0.25) is 5.13 Å². The summed E-state index contributed by atoms with van der Waals surface area (Å²) in [5.74, 6) is 0.905. The molecule has 158 valence electrons. The molecule has 2 aromatic rings. The van der Waals surface area contributed by atoms with Gasteiger partial charge < -0.3 is 20.4 Å². The zero-order chi connectivity index (χ0) is 20.5. The maximum Gasteiger partial charge on any atom is 0.314 e. The van der Waals surface area contributed by atoms with Gasteiger partial charge in [0.15, 0.2) is 0 Å². The standard InChI is InChI=1S/C21H32N6OS/c1-3-4-9-22-20(28)23-10-11-26-12-14-27(15-13-26)21-24-19(25-29-21)16-18-7-5-17(2)6-8-18/h5-8H,3-4,9-16H2,1-2H3,(H2,22,23,28)/p+1. The number of nitrogens with one attached hydrogen (secondary N) is 3. The quantitative estimate of drug-likeness (QED) is 0.537. The van der Waals surface area contributed by atoms with E-state index in [-0.39, 0.29) is 6.03 Å². The molecule has 8 heteroatoms. The summed E-state index contributed by atoms with van der Waals surface area (Å²) in [5, 5.41) is 6.88. The first kappa shape index (κ1) is 21.5. The highest BCUT2D eigenvalue weighted by Crippen LogP contribution is 2.19. The molecule has 1 aromatic carbocycles. The number of unbranched alkanes of at least 4 members (excludes halogenated alkanes) is 1. The van der Waals surface area contributed by atoms with E-state index in [1.165, 1.54) is 27.6 Å². The summed E-state index contributed by atoms with van der Waals surface area (Å²) >= 11 is 1.50. The molecule has 1 aromatic heterocycles. The molecule has 1 fully saturated rings. The summed E-state index contributed by atoms with van der Waals surface area (Å²) in [6.45, 7) is 10.7. The number of anilines is 1. The molecule has 0 unspecified atom stereocenters. The fraction of sp³-hybridized carbons (Fsp3) is 0.571. The van der Waals surface area contributed by atoms with Crippen LogP contribution in [0.15, 0.2) is 24.3 Å². The van der Waals surface area contributed by atoms with Crippen molar-refractivity contribution in [3.8, 4) is 0 Å². The molecule has 0 spiro atoms. The fourth-order valence-electron chi connectivity index (χ4n) is 3.39. The van der Waals surface area contributed by atoms with Crippen LogP contribution >= 0.6 is 11.5 Å². The SMILES string of the molecule is CCCCNC(=O)NCC[NH+]1CCN(c2nc(Cc3ccc(C)cc3)ns2)CC1. The van der Waals surface area contributed by atoms with Gasteiger partial charge in [-0.1, -0.05) is 43.2 Å². The highest BCUT2D eigenvalue weighted by Gasteiger charge is 2.22. The van der Waals surface area contributed by atoms with Crippen LogP contribution in [-0.2, 0) is 6.42 Å². The minimum atomic E-state index is -0.0496. The topological polar surface area (TPSA) is 74.6 Å². The van der Waals surface area contributed by atoms with Crippen molar-refractivity contribution >= 4 is 22.7 Å². The number of quaternary nitrogens is 1. The van der Waals surface area contributed by atoms with Crippen LogP contribution in [0, 0.1) is 6.92 Å². The van der Waals surface area contributed by atoms with Gasteiger partial charge in [0, 0.05) is 24.5 Å². The summed E-state index contributed by atoms with van der Waals surface area (Å²) in [7, 11) is 0. The second-order valence-electron chi connectivity index (χ2n) is 7.68. The van der Waals surface area contributed by atoms with Gasteiger partial charge in [-0.2, -0.15) is 4.37 Å². The molecule has 2 amide bonds. The van der Waals surface area contributed by atoms with Gasteiger partial charge in [0.05, 0.1) is 39.3 Å². The second-order valence-corrected chi connectivity index (χ2v) is 8.41. The molecule has 0 bridgehead atoms. The van der Waals surface area contributed by atoms with Crippen LogP contribution in [0.4, 0.5) is 9.93 Å². The highest BCUT2D eigenvalue weighted by atomic mass is 32.1. The van der Waals surface area contributed by atoms with E-state index in [0.717, 1.165) is 69.5 Å². The number of benzene rings is 1. The molecular weight excluding hydrogens is 384 g/mol. The van der Waals surface area contributed by atoms with Crippen LogP contribution in [0.2, 0.25) is 0 Å². The average molecular weight is 418 g/mol. The lowest BCUT2D eigenvalue weighted by Gasteiger charge is -2.31. The first-order valence-electron chi connectivity index (χ1n) is 10.6. The number of hydrogen-bond donors (Lipinski definition) is 3. The lowest BCUT2D eigenvalue weighted by molar-refractivity contribution is -0.899. The normalized spacial score (nSPS) is 14.8. The number of urea groups is 1. The third-order valence-electron chi connectivity index (χ3n) is 5.26. The lowest BCUT2D eigenvalue weighted by Crippen LogP contribution is -3.15. The smallest absolute Gasteiger partial charge is 0.314 e. The Morgan fingerprint density at radius 1 is 1.17 bits per heavy atom. The Morgan fingerprint density at radius 3 is 2.62 bits per heavy atom. The first-order valence-corrected chi connectivity index (χ1v) is 11.4. The molecule has 7 nitrogen and oxygen atoms in total. The molecular formula is C21H33N6OS+. The lowest BCUT2D eigenvalue weighted by atomic mass is 10.1. The van der Waals surface area contributed by atoms with Crippen molar-refractivity contribution in [2.24, 2.45) is 0 Å². The van der Waals surface area contributed by atoms with Crippen LogP contribution < -0.4 is 20.4 Å². The van der Waals surface area contributed by atoms with Crippen LogP contribution in [0.3, 0.4) is 0 Å². The average Bonchev–Trinajstić information content (AvgIpc) is 3.19. The van der Waals surface area contributed by atoms with Crippen LogP contribution in [0.5, 0.6) is 0 Å². The number of hydrogen-bond acceptors (Lipinski definition) is 5. The number of amides is 2. The first-order chi connectivity index (χ1) is 14.1. The second kappa shape index (κ2) is 11.1. The number of aromatic nitrogens is 2. The van der Waals surface area contributed by atoms with Gasteiger partial charge in [-0.05, 0) is 18.9 Å². The highest BCUT2D eigenvalue weighted by molar-refractivity contribution is 7.09. The van der Waals surface area contributed by atoms with Gasteiger partial charge in [-0.3, -0.25) is 0 Å². The van der Waals surface area contributed by atoms with Crippen molar-refractivity contribution in [3.63, 3.8) is 0 Å². The Morgan fingerprint density at radius 2 is 1.90 bits per heavy atom. The van der Waals surface area contributed by atoms with E-state index in [9.17, 15) is 4.79 Å². The Hall–Kier alpha value is -2.19. The number of nitrogens with zero attached hydrogens (tertiary/aromatic N) is 3. The zero-order valence-corrected chi connectivity index (χ0v) is 18.4. The van der Waals surface area contributed by atoms with Gasteiger partial charge in [-0.15, -0.1) is 0 Å². The number of carbonyl (C=O) groups is 1. The van der Waals surface area contributed by atoms with Crippen molar-refractivity contribution in [2.75, 3.05) is 50.7 Å². The molecule has 1 aliphatic rings. The summed E-state index contributed by atoms with van der Waals surface area (Å²) in [6, 6.07) is 8.52. The Bertz CT molecular complexity index is 755. The van der Waals surface area contributed by atoms with Gasteiger partial charge in [0.25, 0.3) is 0 Å². The molecule has 1 aliphatic heterocycles. The predicted octanol–water partition coefficient (Wildman–Crippen LogP) is 1.24. The molecule has 1 saturated heterocycles. The van der Waals surface area contributed by atoms with Crippen molar-refractivity contribution in [1.82, 2.24) is 20.0 Å². The number of carbonyl (C=O) groups excluding carboxylic acids is 1. The molecule has 3 N–H and O–H groups in total. The summed E-state index contributed by atoms with van der Waals surface area (Å²) < 4.78 is 4.56. The maximum absolute atomic E-state index is 11.7. The maximum atomic E-state index is 11.7. The third kappa shape index (κ3) is 6.97. The van der Waals surface area contributed by atoms with E-state index in [1.807, 2.05) is 0 Å². The van der Waals surface area contributed by atoms with Crippen LogP contribution in [-0.4, -0.2) is 61.2 Å².